The van der Waals surface area contributed by atoms with Crippen molar-refractivity contribution >= 4 is 27.3 Å². The predicted octanol–water partition coefficient (Wildman–Crippen LogP) is 2.82. The maximum Gasteiger partial charge on any atom is 0.210 e. The maximum absolute atomic E-state index is 11.6. The summed E-state index contributed by atoms with van der Waals surface area (Å²) in [6.45, 7) is 5.39. The Morgan fingerprint density at radius 2 is 2.07 bits per heavy atom. The topological polar surface area (TPSA) is 49.9 Å². The van der Waals surface area contributed by atoms with Crippen LogP contribution in [0.15, 0.2) is 22.4 Å². The Balaban J connectivity index is 0.000000531. The number of hydrogen-bond donors (Lipinski definition) is 1. The van der Waals surface area contributed by atoms with Crippen LogP contribution in [0.2, 0.25) is 0 Å². The van der Waals surface area contributed by atoms with Gasteiger partial charge in [0.1, 0.15) is 0 Å². The van der Waals surface area contributed by atoms with Crippen LogP contribution in [-0.4, -0.2) is 10.8 Å². The minimum atomic E-state index is -0.198. The molecule has 0 aliphatic rings. The van der Waals surface area contributed by atoms with Crippen molar-refractivity contribution in [3.05, 3.63) is 33.4 Å². The molecule has 3 nitrogen and oxygen atoms in total. The number of thiophene rings is 1. The van der Waals surface area contributed by atoms with Gasteiger partial charge >= 0.3 is 0 Å². The van der Waals surface area contributed by atoms with E-state index in [9.17, 15) is 9.59 Å². The summed E-state index contributed by atoms with van der Waals surface area (Å²) in [5.41, 5.74) is 0.853. The average molecular weight is 223 g/mol. The molecular formula is C11H13NO2S. The van der Waals surface area contributed by atoms with Crippen molar-refractivity contribution in [1.29, 1.82) is 0 Å². The van der Waals surface area contributed by atoms with Gasteiger partial charge in [0.05, 0.1) is 15.8 Å². The fourth-order valence-electron chi connectivity index (χ4n) is 1.20. The predicted molar refractivity (Wildman–Crippen MR) is 63.8 cm³/mol. The first kappa shape index (κ1) is 11.7. The van der Waals surface area contributed by atoms with Crippen molar-refractivity contribution in [2.45, 2.75) is 20.8 Å². The molecule has 0 unspecified atom stereocenters. The Labute approximate surface area is 91.8 Å². The first-order valence-corrected chi connectivity index (χ1v) is 5.68. The molecule has 0 radical (unpaired) electrons. The van der Waals surface area contributed by atoms with E-state index in [4.69, 9.17) is 0 Å². The molecule has 0 amide bonds. The lowest BCUT2D eigenvalue weighted by molar-refractivity contribution is 0.101. The third kappa shape index (κ3) is 2.15. The Bertz CT molecular complexity index is 525. The SMILES string of the molecule is CC.CC(=O)c1c[nH]c2ccsc2c1=O. The summed E-state index contributed by atoms with van der Waals surface area (Å²) in [4.78, 5) is 25.5. The monoisotopic (exact) mass is 223 g/mol. The molecule has 80 valence electrons. The minimum Gasteiger partial charge on any atom is -0.360 e. The molecule has 0 atom stereocenters. The zero-order valence-corrected chi connectivity index (χ0v) is 9.77. The highest BCUT2D eigenvalue weighted by Gasteiger charge is 2.08. The number of rotatable bonds is 1. The lowest BCUT2D eigenvalue weighted by atomic mass is 10.2. The fourth-order valence-corrected chi connectivity index (χ4v) is 2.01. The molecule has 0 aliphatic carbocycles. The van der Waals surface area contributed by atoms with Gasteiger partial charge in [-0.15, -0.1) is 11.3 Å². The highest BCUT2D eigenvalue weighted by atomic mass is 32.1. The molecule has 0 spiro atoms. The number of pyridine rings is 1. The van der Waals surface area contributed by atoms with Gasteiger partial charge in [0.2, 0.25) is 5.43 Å². The molecular weight excluding hydrogens is 210 g/mol. The van der Waals surface area contributed by atoms with Gasteiger partial charge in [0, 0.05) is 6.20 Å². The normalized spacial score (nSPS) is 9.53. The largest absolute Gasteiger partial charge is 0.360 e. The van der Waals surface area contributed by atoms with Gasteiger partial charge in [-0.05, 0) is 18.4 Å². The Morgan fingerprint density at radius 1 is 1.40 bits per heavy atom. The van der Waals surface area contributed by atoms with Crippen molar-refractivity contribution in [2.24, 2.45) is 0 Å². The quantitative estimate of drug-likeness (QED) is 0.756. The molecule has 1 N–H and O–H groups in total. The van der Waals surface area contributed by atoms with Crippen LogP contribution in [0.25, 0.3) is 10.2 Å². The first-order chi connectivity index (χ1) is 7.20. The third-order valence-corrected chi connectivity index (χ3v) is 2.78. The molecule has 2 rings (SSSR count). The minimum absolute atomic E-state index is 0.170. The summed E-state index contributed by atoms with van der Waals surface area (Å²) in [6.07, 6.45) is 1.47. The number of ketones is 1. The number of fused-ring (bicyclic) bond motifs is 1. The first-order valence-electron chi connectivity index (χ1n) is 4.80. The summed E-state index contributed by atoms with van der Waals surface area (Å²) in [5.74, 6) is -0.198. The molecule has 4 heteroatoms. The van der Waals surface area contributed by atoms with E-state index in [-0.39, 0.29) is 16.8 Å². The Hall–Kier alpha value is -1.42. The lowest BCUT2D eigenvalue weighted by Crippen LogP contribution is -2.12. The number of carbonyl (C=O) groups excluding carboxylic acids is 1. The number of hydrogen-bond acceptors (Lipinski definition) is 3. The number of H-pyrrole nitrogens is 1. The maximum atomic E-state index is 11.6. The van der Waals surface area contributed by atoms with Crippen LogP contribution in [0.4, 0.5) is 0 Å². The van der Waals surface area contributed by atoms with Crippen LogP contribution < -0.4 is 5.43 Å². The van der Waals surface area contributed by atoms with E-state index >= 15 is 0 Å². The lowest BCUT2D eigenvalue weighted by Gasteiger charge is -1.94. The summed E-state index contributed by atoms with van der Waals surface area (Å²) in [7, 11) is 0. The van der Waals surface area contributed by atoms with E-state index in [1.807, 2.05) is 25.3 Å². The summed E-state index contributed by atoms with van der Waals surface area (Å²) in [5, 5.41) is 1.83. The van der Waals surface area contributed by atoms with Gasteiger partial charge in [-0.3, -0.25) is 9.59 Å². The van der Waals surface area contributed by atoms with E-state index in [2.05, 4.69) is 4.98 Å². The highest BCUT2D eigenvalue weighted by Crippen LogP contribution is 2.14. The zero-order chi connectivity index (χ0) is 11.4. The molecule has 0 aromatic carbocycles. The van der Waals surface area contributed by atoms with Crippen LogP contribution in [0.5, 0.6) is 0 Å². The molecule has 0 saturated heterocycles. The average Bonchev–Trinajstić information content (AvgIpc) is 2.69. The van der Waals surface area contributed by atoms with Crippen molar-refractivity contribution in [2.75, 3.05) is 0 Å². The molecule has 2 aromatic heterocycles. The highest BCUT2D eigenvalue weighted by molar-refractivity contribution is 7.17. The molecule has 0 aliphatic heterocycles. The van der Waals surface area contributed by atoms with Crippen molar-refractivity contribution in [3.63, 3.8) is 0 Å². The number of aromatic amines is 1. The zero-order valence-electron chi connectivity index (χ0n) is 8.96. The second-order valence-corrected chi connectivity index (χ2v) is 3.67. The number of aromatic nitrogens is 1. The number of nitrogens with one attached hydrogen (secondary N) is 1. The number of carbonyl (C=O) groups is 1. The summed E-state index contributed by atoms with van der Waals surface area (Å²) < 4.78 is 0.618. The second-order valence-electron chi connectivity index (χ2n) is 2.75. The van der Waals surface area contributed by atoms with Gasteiger partial charge in [-0.1, -0.05) is 13.8 Å². The van der Waals surface area contributed by atoms with Gasteiger partial charge < -0.3 is 4.98 Å². The van der Waals surface area contributed by atoms with Gasteiger partial charge in [0.15, 0.2) is 5.78 Å². The van der Waals surface area contributed by atoms with Crippen LogP contribution in [0.1, 0.15) is 31.1 Å². The van der Waals surface area contributed by atoms with E-state index < -0.39 is 0 Å². The van der Waals surface area contributed by atoms with E-state index in [0.717, 1.165) is 5.52 Å². The van der Waals surface area contributed by atoms with Gasteiger partial charge in [-0.2, -0.15) is 0 Å². The molecule has 0 saturated carbocycles. The van der Waals surface area contributed by atoms with E-state index in [0.29, 0.717) is 4.70 Å². The van der Waals surface area contributed by atoms with Crippen LogP contribution in [0, 0.1) is 0 Å². The van der Waals surface area contributed by atoms with Crippen molar-refractivity contribution < 1.29 is 4.79 Å². The van der Waals surface area contributed by atoms with Gasteiger partial charge in [0.25, 0.3) is 0 Å². The molecule has 2 aromatic rings. The standard InChI is InChI=1S/C9H7NO2S.C2H6/c1-5(11)6-4-10-7-2-3-13-9(7)8(6)12;1-2/h2-4H,1H3,(H,10,12);1-2H3. The number of Topliss-reactive ketones (excluding diaryl/α,β-unsaturated/α-hetero) is 1. The third-order valence-electron chi connectivity index (χ3n) is 1.87. The van der Waals surface area contributed by atoms with Crippen LogP contribution in [0.3, 0.4) is 0 Å². The van der Waals surface area contributed by atoms with E-state index in [1.165, 1.54) is 24.5 Å². The van der Waals surface area contributed by atoms with Gasteiger partial charge in [-0.25, -0.2) is 0 Å². The van der Waals surface area contributed by atoms with Crippen molar-refractivity contribution in [1.82, 2.24) is 4.98 Å². The Morgan fingerprint density at radius 3 is 2.67 bits per heavy atom. The Kier molecular flexibility index (Phi) is 3.80. The molecule has 0 fully saturated rings. The van der Waals surface area contributed by atoms with Crippen molar-refractivity contribution in [3.8, 4) is 0 Å². The molecule has 0 bridgehead atoms. The smallest absolute Gasteiger partial charge is 0.210 e. The van der Waals surface area contributed by atoms with Crippen LogP contribution in [-0.2, 0) is 0 Å². The molecule has 2 heterocycles. The fraction of sp³-hybridized carbons (Fsp3) is 0.273. The second kappa shape index (κ2) is 4.89. The summed E-state index contributed by atoms with van der Waals surface area (Å²) >= 11 is 1.35. The van der Waals surface area contributed by atoms with E-state index in [1.54, 1.807) is 0 Å². The summed E-state index contributed by atoms with van der Waals surface area (Å²) in [6, 6.07) is 1.82. The molecule has 15 heavy (non-hydrogen) atoms. The van der Waals surface area contributed by atoms with Crippen LogP contribution >= 0.6 is 11.3 Å².